The van der Waals surface area contributed by atoms with Crippen LogP contribution in [0.1, 0.15) is 58.9 Å². The van der Waals surface area contributed by atoms with Gasteiger partial charge in [0.2, 0.25) is 5.91 Å². The maximum Gasteiger partial charge on any atom is 0.416 e. The molecule has 1 N–H and O–H groups in total. The molecule has 1 saturated heterocycles. The second kappa shape index (κ2) is 12.4. The standard InChI is InChI=1S/C30H29F7N2O/c31-26-8-6-23(7-9-26)27(12-15-39-13-10-22(11-14-39)21-4-2-1-3-5-21)28(40)38-19-20-16-24(29(32,33)34)18-25(17-20)30(35,36)37/h1-9,16-18,22,27H,10-15,19H2,(H,38,40). The maximum absolute atomic E-state index is 13.5. The van der Waals surface area contributed by atoms with Crippen molar-refractivity contribution in [2.24, 2.45) is 0 Å². The molecule has 0 saturated carbocycles. The van der Waals surface area contributed by atoms with E-state index in [0.29, 0.717) is 36.6 Å². The first-order valence-corrected chi connectivity index (χ1v) is 13.0. The van der Waals surface area contributed by atoms with E-state index in [2.05, 4.69) is 22.3 Å². The van der Waals surface area contributed by atoms with Gasteiger partial charge in [-0.05, 0) is 91.8 Å². The fourth-order valence-corrected chi connectivity index (χ4v) is 5.10. The number of likely N-dealkylation sites (tertiary alicyclic amines) is 1. The summed E-state index contributed by atoms with van der Waals surface area (Å²) in [5, 5.41) is 2.50. The van der Waals surface area contributed by atoms with Gasteiger partial charge in [0.05, 0.1) is 17.0 Å². The highest BCUT2D eigenvalue weighted by atomic mass is 19.4. The summed E-state index contributed by atoms with van der Waals surface area (Å²) in [5.74, 6) is -1.37. The highest BCUT2D eigenvalue weighted by Gasteiger charge is 2.37. The second-order valence-electron chi connectivity index (χ2n) is 10.1. The normalized spacial score (nSPS) is 16.1. The third-order valence-electron chi connectivity index (χ3n) is 7.30. The molecule has 3 aromatic carbocycles. The maximum atomic E-state index is 13.5. The van der Waals surface area contributed by atoms with Crippen LogP contribution in [0.3, 0.4) is 0 Å². The highest BCUT2D eigenvalue weighted by molar-refractivity contribution is 5.83. The number of carbonyl (C=O) groups excluding carboxylic acids is 1. The van der Waals surface area contributed by atoms with Crippen LogP contribution in [0.5, 0.6) is 0 Å². The summed E-state index contributed by atoms with van der Waals surface area (Å²) in [6, 6.07) is 16.8. The van der Waals surface area contributed by atoms with Crippen LogP contribution in [0.4, 0.5) is 30.7 Å². The van der Waals surface area contributed by atoms with E-state index in [1.54, 1.807) is 0 Å². The first-order valence-electron chi connectivity index (χ1n) is 13.0. The molecule has 0 aliphatic carbocycles. The Kier molecular flexibility index (Phi) is 9.18. The van der Waals surface area contributed by atoms with Gasteiger partial charge in [-0.1, -0.05) is 42.5 Å². The lowest BCUT2D eigenvalue weighted by Gasteiger charge is -2.33. The van der Waals surface area contributed by atoms with Crippen molar-refractivity contribution in [1.29, 1.82) is 0 Å². The van der Waals surface area contributed by atoms with Crippen molar-refractivity contribution in [3.8, 4) is 0 Å². The lowest BCUT2D eigenvalue weighted by Crippen LogP contribution is -2.36. The van der Waals surface area contributed by atoms with Gasteiger partial charge < -0.3 is 10.2 Å². The number of piperidine rings is 1. The molecule has 0 bridgehead atoms. The first-order chi connectivity index (χ1) is 18.9. The van der Waals surface area contributed by atoms with Gasteiger partial charge in [-0.2, -0.15) is 26.3 Å². The molecule has 1 unspecified atom stereocenters. The van der Waals surface area contributed by atoms with Crippen molar-refractivity contribution >= 4 is 5.91 Å². The molecule has 3 nitrogen and oxygen atoms in total. The van der Waals surface area contributed by atoms with Crippen LogP contribution in [-0.4, -0.2) is 30.4 Å². The summed E-state index contributed by atoms with van der Waals surface area (Å²) in [5.41, 5.74) is -1.41. The topological polar surface area (TPSA) is 32.3 Å². The molecular weight excluding hydrogens is 537 g/mol. The van der Waals surface area contributed by atoms with Crippen molar-refractivity contribution in [2.45, 2.75) is 50.0 Å². The molecule has 0 radical (unpaired) electrons. The van der Waals surface area contributed by atoms with Crippen LogP contribution >= 0.6 is 0 Å². The van der Waals surface area contributed by atoms with Crippen LogP contribution in [0.15, 0.2) is 72.8 Å². The predicted octanol–water partition coefficient (Wildman–Crippen LogP) is 7.53. The largest absolute Gasteiger partial charge is 0.416 e. The number of nitrogens with zero attached hydrogens (tertiary/aromatic N) is 1. The Morgan fingerprint density at radius 2 is 1.43 bits per heavy atom. The third-order valence-corrected chi connectivity index (χ3v) is 7.30. The quantitative estimate of drug-likeness (QED) is 0.286. The fourth-order valence-electron chi connectivity index (χ4n) is 5.10. The zero-order valence-electron chi connectivity index (χ0n) is 21.5. The van der Waals surface area contributed by atoms with Crippen molar-refractivity contribution in [3.05, 3.63) is 106 Å². The second-order valence-corrected chi connectivity index (χ2v) is 10.1. The average Bonchev–Trinajstić information content (AvgIpc) is 2.92. The van der Waals surface area contributed by atoms with E-state index in [1.807, 2.05) is 18.2 Å². The minimum Gasteiger partial charge on any atom is -0.351 e. The van der Waals surface area contributed by atoms with Crippen LogP contribution in [-0.2, 0) is 23.7 Å². The van der Waals surface area contributed by atoms with Crippen molar-refractivity contribution in [3.63, 3.8) is 0 Å². The molecule has 1 aliphatic rings. The van der Waals surface area contributed by atoms with Gasteiger partial charge in [0, 0.05) is 6.54 Å². The van der Waals surface area contributed by atoms with Crippen molar-refractivity contribution < 1.29 is 35.5 Å². The van der Waals surface area contributed by atoms with Crippen molar-refractivity contribution in [2.75, 3.05) is 19.6 Å². The molecule has 0 spiro atoms. The van der Waals surface area contributed by atoms with Crippen molar-refractivity contribution in [1.82, 2.24) is 10.2 Å². The molecule has 1 fully saturated rings. The fraction of sp³-hybridized carbons (Fsp3) is 0.367. The monoisotopic (exact) mass is 566 g/mol. The number of benzene rings is 3. The van der Waals surface area contributed by atoms with E-state index in [1.165, 1.54) is 29.8 Å². The Morgan fingerprint density at radius 1 is 0.850 bits per heavy atom. The van der Waals surface area contributed by atoms with Gasteiger partial charge in [-0.15, -0.1) is 0 Å². The zero-order chi connectivity index (χ0) is 28.9. The van der Waals surface area contributed by atoms with Gasteiger partial charge in [0.25, 0.3) is 0 Å². The van der Waals surface area contributed by atoms with E-state index in [9.17, 15) is 35.5 Å². The molecule has 214 valence electrons. The molecule has 1 atom stereocenters. The van der Waals surface area contributed by atoms with Gasteiger partial charge in [-0.25, -0.2) is 4.39 Å². The Bertz CT molecular complexity index is 1230. The Balaban J connectivity index is 1.44. The van der Waals surface area contributed by atoms with Crippen LogP contribution < -0.4 is 5.32 Å². The SMILES string of the molecule is O=C(NCc1cc(C(F)(F)F)cc(C(F)(F)F)c1)C(CCN1CCC(c2ccccc2)CC1)c1ccc(F)cc1. The number of amides is 1. The molecule has 1 aliphatic heterocycles. The lowest BCUT2D eigenvalue weighted by atomic mass is 9.89. The summed E-state index contributed by atoms with van der Waals surface area (Å²) < 4.78 is 92.9. The van der Waals surface area contributed by atoms with E-state index >= 15 is 0 Å². The van der Waals surface area contributed by atoms with Crippen LogP contribution in [0, 0.1) is 5.82 Å². The Morgan fingerprint density at radius 3 is 1.98 bits per heavy atom. The lowest BCUT2D eigenvalue weighted by molar-refractivity contribution is -0.143. The molecule has 1 amide bonds. The van der Waals surface area contributed by atoms with Gasteiger partial charge >= 0.3 is 12.4 Å². The Labute approximate surface area is 228 Å². The molecular formula is C30H29F7N2O. The molecule has 10 heteroatoms. The zero-order valence-corrected chi connectivity index (χ0v) is 21.5. The summed E-state index contributed by atoms with van der Waals surface area (Å²) in [4.78, 5) is 15.4. The van der Waals surface area contributed by atoms with Gasteiger partial charge in [0.1, 0.15) is 5.82 Å². The van der Waals surface area contributed by atoms with Crippen LogP contribution in [0.2, 0.25) is 0 Å². The highest BCUT2D eigenvalue weighted by Crippen LogP contribution is 2.36. The molecule has 1 heterocycles. The molecule has 3 aromatic rings. The number of rotatable bonds is 8. The van der Waals surface area contributed by atoms with Crippen LogP contribution in [0.25, 0.3) is 0 Å². The van der Waals surface area contributed by atoms with E-state index in [-0.39, 0.29) is 11.6 Å². The summed E-state index contributed by atoms with van der Waals surface area (Å²) in [6.45, 7) is 1.67. The minimum atomic E-state index is -4.98. The van der Waals surface area contributed by atoms with Gasteiger partial charge in [-0.3, -0.25) is 4.79 Å². The predicted molar refractivity (Wildman–Crippen MR) is 137 cm³/mol. The number of halogens is 7. The minimum absolute atomic E-state index is 0.0492. The average molecular weight is 567 g/mol. The number of carbonyl (C=O) groups is 1. The Hall–Kier alpha value is -3.40. The summed E-state index contributed by atoms with van der Waals surface area (Å²) >= 11 is 0. The van der Waals surface area contributed by atoms with E-state index in [0.717, 1.165) is 25.9 Å². The third kappa shape index (κ3) is 7.84. The molecule has 40 heavy (non-hydrogen) atoms. The first kappa shape index (κ1) is 29.6. The molecule has 4 rings (SSSR count). The summed E-state index contributed by atoms with van der Waals surface area (Å²) in [6.07, 6.45) is -7.71. The number of hydrogen-bond donors (Lipinski definition) is 1. The van der Waals surface area contributed by atoms with E-state index < -0.39 is 47.7 Å². The summed E-state index contributed by atoms with van der Waals surface area (Å²) in [7, 11) is 0. The smallest absolute Gasteiger partial charge is 0.351 e. The number of nitrogens with one attached hydrogen (secondary N) is 1. The van der Waals surface area contributed by atoms with Gasteiger partial charge in [0.15, 0.2) is 0 Å². The number of hydrogen-bond acceptors (Lipinski definition) is 2. The van der Waals surface area contributed by atoms with E-state index in [4.69, 9.17) is 0 Å². The molecule has 0 aromatic heterocycles. The number of alkyl halides is 6.